The molecular weight excluding hydrogens is 286 g/mol. The predicted octanol–water partition coefficient (Wildman–Crippen LogP) is 2.55. The number of carbonyl (C=O) groups excluding carboxylic acids is 1. The zero-order chi connectivity index (χ0) is 9.41. The van der Waals surface area contributed by atoms with Crippen molar-refractivity contribution < 1.29 is 4.79 Å². The molecule has 0 unspecified atom stereocenters. The van der Waals surface area contributed by atoms with Gasteiger partial charge < -0.3 is 5.32 Å². The van der Waals surface area contributed by atoms with Gasteiger partial charge in [-0.05, 0) is 33.1 Å². The second kappa shape index (κ2) is 3.29. The van der Waals surface area contributed by atoms with Crippen molar-refractivity contribution in [2.24, 2.45) is 0 Å². The molecule has 1 saturated heterocycles. The van der Waals surface area contributed by atoms with Crippen LogP contribution in [0.3, 0.4) is 0 Å². The Labute approximate surface area is 89.7 Å². The lowest BCUT2D eigenvalue weighted by molar-refractivity contribution is -0.122. The highest BCUT2D eigenvalue weighted by molar-refractivity contribution is 9.25. The number of alkyl halides is 2. The van der Waals surface area contributed by atoms with Gasteiger partial charge >= 0.3 is 0 Å². The van der Waals surface area contributed by atoms with Crippen molar-refractivity contribution in [1.29, 1.82) is 0 Å². The fraction of sp³-hybridized carbons (Fsp3) is 0.875. The Kier molecular flexibility index (Phi) is 2.88. The minimum Gasteiger partial charge on any atom is -0.349 e. The van der Waals surface area contributed by atoms with Crippen molar-refractivity contribution in [2.75, 3.05) is 0 Å². The highest BCUT2D eigenvalue weighted by Gasteiger charge is 2.38. The molecule has 70 valence electrons. The zero-order valence-corrected chi connectivity index (χ0v) is 10.5. The molecule has 0 aromatic heterocycles. The van der Waals surface area contributed by atoms with Crippen molar-refractivity contribution in [3.63, 3.8) is 0 Å². The second-order valence-corrected chi connectivity index (χ2v) is 7.67. The van der Waals surface area contributed by atoms with E-state index in [4.69, 9.17) is 0 Å². The molecule has 0 saturated carbocycles. The molecule has 1 N–H and O–H groups in total. The third-order valence-electron chi connectivity index (χ3n) is 2.08. The van der Waals surface area contributed by atoms with Crippen LogP contribution >= 0.6 is 31.9 Å². The molecule has 1 heterocycles. The predicted molar refractivity (Wildman–Crippen MR) is 56.7 cm³/mol. The van der Waals surface area contributed by atoms with Crippen LogP contribution in [0.25, 0.3) is 0 Å². The summed E-state index contributed by atoms with van der Waals surface area (Å²) in [4.78, 5) is 11.5. The largest absolute Gasteiger partial charge is 0.349 e. The maximum absolute atomic E-state index is 11.5. The molecule has 0 aliphatic carbocycles. The number of nitrogens with one attached hydrogen (secondary N) is 1. The van der Waals surface area contributed by atoms with E-state index in [0.717, 1.165) is 19.3 Å². The minimum atomic E-state index is -0.548. The molecule has 0 radical (unpaired) electrons. The fourth-order valence-electron chi connectivity index (χ4n) is 1.33. The average Bonchev–Trinajstić information content (AvgIpc) is 1.90. The van der Waals surface area contributed by atoms with E-state index >= 15 is 0 Å². The third kappa shape index (κ3) is 2.46. The molecule has 12 heavy (non-hydrogen) atoms. The van der Waals surface area contributed by atoms with Gasteiger partial charge in [0.05, 0.1) is 0 Å². The van der Waals surface area contributed by atoms with Crippen LogP contribution in [0.1, 0.15) is 33.1 Å². The molecule has 1 aliphatic rings. The summed E-state index contributed by atoms with van der Waals surface area (Å²) in [6.45, 7) is 4.10. The maximum atomic E-state index is 11.5. The smallest absolute Gasteiger partial charge is 0.248 e. The van der Waals surface area contributed by atoms with E-state index in [0.29, 0.717) is 0 Å². The Hall–Kier alpha value is 0.430. The second-order valence-electron chi connectivity index (χ2n) is 3.90. The molecular formula is C8H13Br2NO. The summed E-state index contributed by atoms with van der Waals surface area (Å²) >= 11 is 6.73. The fourth-order valence-corrected chi connectivity index (χ4v) is 2.09. The Morgan fingerprint density at radius 2 is 1.92 bits per heavy atom. The summed E-state index contributed by atoms with van der Waals surface area (Å²) in [6.07, 6.45) is 2.90. The number of hydrogen-bond acceptors (Lipinski definition) is 1. The standard InChI is InChI=1S/C8H13Br2NO/c1-7(2)4-3-5-8(9,10)6(12)11-7/h3-5H2,1-2H3,(H,11,12). The summed E-state index contributed by atoms with van der Waals surface area (Å²) in [5.74, 6) is 0.0324. The summed E-state index contributed by atoms with van der Waals surface area (Å²) in [6, 6.07) is 0. The number of halogens is 2. The molecule has 4 heteroatoms. The van der Waals surface area contributed by atoms with Crippen LogP contribution in [0, 0.1) is 0 Å². The molecule has 1 amide bonds. The quantitative estimate of drug-likeness (QED) is 0.684. The highest BCUT2D eigenvalue weighted by atomic mass is 79.9. The van der Waals surface area contributed by atoms with Gasteiger partial charge in [0.2, 0.25) is 5.91 Å². The summed E-state index contributed by atoms with van der Waals surface area (Å²) in [5.41, 5.74) is -0.0691. The van der Waals surface area contributed by atoms with Crippen molar-refractivity contribution in [3.8, 4) is 0 Å². The topological polar surface area (TPSA) is 29.1 Å². The van der Waals surface area contributed by atoms with Crippen molar-refractivity contribution in [2.45, 2.75) is 41.9 Å². The van der Waals surface area contributed by atoms with Crippen LogP contribution < -0.4 is 5.32 Å². The van der Waals surface area contributed by atoms with E-state index in [2.05, 4.69) is 37.2 Å². The van der Waals surface area contributed by atoms with Crippen molar-refractivity contribution in [3.05, 3.63) is 0 Å². The van der Waals surface area contributed by atoms with Crippen LogP contribution in [0.4, 0.5) is 0 Å². The Bertz CT molecular complexity index is 201. The number of rotatable bonds is 0. The van der Waals surface area contributed by atoms with Crippen LogP contribution in [0.2, 0.25) is 0 Å². The molecule has 0 atom stereocenters. The lowest BCUT2D eigenvalue weighted by Crippen LogP contribution is -2.46. The molecule has 0 bridgehead atoms. The SMILES string of the molecule is CC1(C)CCCC(Br)(Br)C(=O)N1. The van der Waals surface area contributed by atoms with Crippen LogP contribution in [-0.4, -0.2) is 14.7 Å². The van der Waals surface area contributed by atoms with Crippen LogP contribution in [0.15, 0.2) is 0 Å². The number of carbonyl (C=O) groups is 1. The van der Waals surface area contributed by atoms with Gasteiger partial charge in [0.15, 0.2) is 3.23 Å². The van der Waals surface area contributed by atoms with E-state index < -0.39 is 3.23 Å². The Morgan fingerprint density at radius 1 is 1.33 bits per heavy atom. The van der Waals surface area contributed by atoms with Gasteiger partial charge in [-0.3, -0.25) is 4.79 Å². The normalized spacial score (nSPS) is 27.5. The molecule has 0 aromatic rings. The van der Waals surface area contributed by atoms with Gasteiger partial charge in [0.1, 0.15) is 0 Å². The first kappa shape index (κ1) is 10.5. The van der Waals surface area contributed by atoms with Gasteiger partial charge in [-0.2, -0.15) is 0 Å². The first-order valence-corrected chi connectivity index (χ1v) is 5.63. The highest BCUT2D eigenvalue weighted by Crippen LogP contribution is 2.36. The summed E-state index contributed by atoms with van der Waals surface area (Å²) in [7, 11) is 0. The third-order valence-corrected chi connectivity index (χ3v) is 3.59. The monoisotopic (exact) mass is 297 g/mol. The first-order valence-electron chi connectivity index (χ1n) is 4.04. The number of hydrogen-bond donors (Lipinski definition) is 1. The maximum Gasteiger partial charge on any atom is 0.248 e. The van der Waals surface area contributed by atoms with Crippen molar-refractivity contribution >= 4 is 37.8 Å². The average molecular weight is 299 g/mol. The van der Waals surface area contributed by atoms with Gasteiger partial charge in [0, 0.05) is 5.54 Å². The summed E-state index contributed by atoms with van der Waals surface area (Å²) < 4.78 is -0.548. The number of amides is 1. The minimum absolute atomic E-state index is 0.0324. The zero-order valence-electron chi connectivity index (χ0n) is 7.29. The van der Waals surface area contributed by atoms with Gasteiger partial charge in [-0.25, -0.2) is 0 Å². The van der Waals surface area contributed by atoms with E-state index in [9.17, 15) is 4.79 Å². The molecule has 0 spiro atoms. The Balaban J connectivity index is 2.77. The van der Waals surface area contributed by atoms with Gasteiger partial charge in [-0.1, -0.05) is 31.9 Å². The van der Waals surface area contributed by atoms with Crippen LogP contribution in [-0.2, 0) is 4.79 Å². The lowest BCUT2D eigenvalue weighted by Gasteiger charge is -2.25. The molecule has 2 nitrogen and oxygen atoms in total. The van der Waals surface area contributed by atoms with Crippen LogP contribution in [0.5, 0.6) is 0 Å². The Morgan fingerprint density at radius 3 is 2.50 bits per heavy atom. The molecule has 1 rings (SSSR count). The van der Waals surface area contributed by atoms with E-state index in [1.165, 1.54) is 0 Å². The van der Waals surface area contributed by atoms with Crippen molar-refractivity contribution in [1.82, 2.24) is 5.32 Å². The summed E-state index contributed by atoms with van der Waals surface area (Å²) in [5, 5.41) is 2.98. The lowest BCUT2D eigenvalue weighted by atomic mass is 9.99. The van der Waals surface area contributed by atoms with Gasteiger partial charge in [0.25, 0.3) is 0 Å². The molecule has 1 fully saturated rings. The molecule has 0 aromatic carbocycles. The van der Waals surface area contributed by atoms with E-state index in [1.54, 1.807) is 0 Å². The first-order chi connectivity index (χ1) is 5.33. The van der Waals surface area contributed by atoms with Gasteiger partial charge in [-0.15, -0.1) is 0 Å². The van der Waals surface area contributed by atoms with E-state index in [-0.39, 0.29) is 11.4 Å². The van der Waals surface area contributed by atoms with E-state index in [1.807, 2.05) is 13.8 Å². The molecule has 1 aliphatic heterocycles.